The van der Waals surface area contributed by atoms with E-state index in [1.165, 1.54) is 5.56 Å². The Kier molecular flexibility index (Phi) is 8.54. The lowest BCUT2D eigenvalue weighted by Crippen LogP contribution is -2.42. The average Bonchev–Trinajstić information content (AvgIpc) is 3.39. The number of aromatic amines is 1. The highest BCUT2D eigenvalue weighted by Crippen LogP contribution is 2.30. The smallest absolute Gasteiger partial charge is 0.143 e. The molecule has 1 unspecified atom stereocenters. The fourth-order valence-corrected chi connectivity index (χ4v) is 5.30. The summed E-state index contributed by atoms with van der Waals surface area (Å²) >= 11 is 0. The number of hydrogen-bond donors (Lipinski definition) is 3. The van der Waals surface area contributed by atoms with Crippen LogP contribution in [0.3, 0.4) is 0 Å². The van der Waals surface area contributed by atoms with Crippen molar-refractivity contribution in [2.45, 2.75) is 52.1 Å². The first-order valence-electron chi connectivity index (χ1n) is 14.1. The predicted octanol–water partition coefficient (Wildman–Crippen LogP) is 5.65. The number of nitrogens with zero attached hydrogens (tertiary/aromatic N) is 5. The zero-order chi connectivity index (χ0) is 27.2. The maximum Gasteiger partial charge on any atom is 0.143 e. The number of nitrogens with two attached hydrogens (primary N) is 1. The molecule has 1 fully saturated rings. The standard InChI is InChI=1S/C31H40N8/c1-4-6-16-39(5-2)31-27-18-29(37-30(27)34-21-35-31)24-9-11-26(12-10-24)36-22(3)28-17-23(13-14-33-28)19-38-15-7-8-25(32)20-38/h9-14,17-18,21,25,36H,3-8,15-16,19-20,32H2,1-2H3,(H,34,35,37). The van der Waals surface area contributed by atoms with Crippen molar-refractivity contribution in [3.05, 3.63) is 72.8 Å². The molecule has 3 aromatic heterocycles. The molecule has 0 aliphatic carbocycles. The fourth-order valence-electron chi connectivity index (χ4n) is 5.30. The number of aromatic nitrogens is 4. The normalized spacial score (nSPS) is 15.9. The summed E-state index contributed by atoms with van der Waals surface area (Å²) in [6.45, 7) is 13.5. The van der Waals surface area contributed by atoms with E-state index < -0.39 is 0 Å². The molecule has 0 amide bonds. The number of benzene rings is 1. The van der Waals surface area contributed by atoms with Crippen molar-refractivity contribution in [3.63, 3.8) is 0 Å². The number of nitrogens with one attached hydrogen (secondary N) is 2. The highest BCUT2D eigenvalue weighted by Gasteiger charge is 2.17. The summed E-state index contributed by atoms with van der Waals surface area (Å²) in [6, 6.07) is 15.0. The van der Waals surface area contributed by atoms with Crippen LogP contribution in [0.5, 0.6) is 0 Å². The third kappa shape index (κ3) is 6.46. The molecule has 204 valence electrons. The van der Waals surface area contributed by atoms with Crippen LogP contribution in [0.2, 0.25) is 0 Å². The molecule has 5 rings (SSSR count). The number of anilines is 2. The van der Waals surface area contributed by atoms with Gasteiger partial charge in [-0.2, -0.15) is 0 Å². The van der Waals surface area contributed by atoms with Gasteiger partial charge in [0.2, 0.25) is 0 Å². The molecular formula is C31H40N8. The number of unbranched alkanes of at least 4 members (excludes halogenated alkanes) is 1. The number of likely N-dealkylation sites (tertiary alicyclic amines) is 1. The van der Waals surface area contributed by atoms with Gasteiger partial charge in [0.1, 0.15) is 17.8 Å². The molecule has 8 heteroatoms. The summed E-state index contributed by atoms with van der Waals surface area (Å²) in [6.07, 6.45) is 8.08. The predicted molar refractivity (Wildman–Crippen MR) is 161 cm³/mol. The molecule has 0 radical (unpaired) electrons. The fraction of sp³-hybridized carbons (Fsp3) is 0.387. The Labute approximate surface area is 231 Å². The molecule has 4 heterocycles. The minimum Gasteiger partial charge on any atom is -0.356 e. The van der Waals surface area contributed by atoms with Crippen LogP contribution >= 0.6 is 0 Å². The minimum atomic E-state index is 0.274. The van der Waals surface area contributed by atoms with Crippen molar-refractivity contribution >= 4 is 28.2 Å². The Hall–Kier alpha value is -3.75. The van der Waals surface area contributed by atoms with Gasteiger partial charge in [0.15, 0.2) is 0 Å². The Morgan fingerprint density at radius 3 is 2.77 bits per heavy atom. The zero-order valence-electron chi connectivity index (χ0n) is 23.2. The maximum absolute atomic E-state index is 6.16. The van der Waals surface area contributed by atoms with Crippen molar-refractivity contribution < 1.29 is 0 Å². The monoisotopic (exact) mass is 524 g/mol. The van der Waals surface area contributed by atoms with E-state index in [1.807, 2.05) is 6.20 Å². The van der Waals surface area contributed by atoms with E-state index in [-0.39, 0.29) is 6.04 Å². The van der Waals surface area contributed by atoms with Crippen LogP contribution in [-0.2, 0) is 6.54 Å². The Balaban J connectivity index is 1.27. The number of fused-ring (bicyclic) bond motifs is 1. The molecule has 0 saturated carbocycles. The maximum atomic E-state index is 6.16. The number of H-pyrrole nitrogens is 1. The molecule has 39 heavy (non-hydrogen) atoms. The SMILES string of the molecule is C=C(Nc1ccc(-c2cc3c(N(CC)CCCC)ncnc3[nH]2)cc1)c1cc(CN2CCCC(N)C2)ccn1. The lowest BCUT2D eigenvalue weighted by atomic mass is 10.1. The van der Waals surface area contributed by atoms with Crippen molar-refractivity contribution in [2.75, 3.05) is 36.4 Å². The Morgan fingerprint density at radius 1 is 1.15 bits per heavy atom. The summed E-state index contributed by atoms with van der Waals surface area (Å²) < 4.78 is 0. The van der Waals surface area contributed by atoms with Gasteiger partial charge in [-0.1, -0.05) is 32.1 Å². The number of rotatable bonds is 11. The van der Waals surface area contributed by atoms with E-state index in [0.29, 0.717) is 0 Å². The van der Waals surface area contributed by atoms with E-state index in [2.05, 4.69) is 97.9 Å². The molecule has 1 aliphatic heterocycles. The number of hydrogen-bond acceptors (Lipinski definition) is 7. The molecule has 0 spiro atoms. The van der Waals surface area contributed by atoms with Crippen LogP contribution in [0.25, 0.3) is 28.0 Å². The van der Waals surface area contributed by atoms with Crippen molar-refractivity contribution in [1.29, 1.82) is 0 Å². The molecule has 1 atom stereocenters. The highest BCUT2D eigenvalue weighted by atomic mass is 15.2. The molecule has 1 aliphatic rings. The van der Waals surface area contributed by atoms with Gasteiger partial charge in [-0.15, -0.1) is 0 Å². The van der Waals surface area contributed by atoms with Gasteiger partial charge in [0.25, 0.3) is 0 Å². The Bertz CT molecular complexity index is 1390. The Morgan fingerprint density at radius 2 is 2.00 bits per heavy atom. The van der Waals surface area contributed by atoms with Crippen LogP contribution in [-0.4, -0.2) is 57.1 Å². The van der Waals surface area contributed by atoms with Crippen LogP contribution in [0.15, 0.2) is 61.6 Å². The molecular weight excluding hydrogens is 484 g/mol. The van der Waals surface area contributed by atoms with E-state index in [9.17, 15) is 0 Å². The van der Waals surface area contributed by atoms with Gasteiger partial charge in [0, 0.05) is 49.8 Å². The second kappa shape index (κ2) is 12.4. The van der Waals surface area contributed by atoms with E-state index >= 15 is 0 Å². The first kappa shape index (κ1) is 26.8. The summed E-state index contributed by atoms with van der Waals surface area (Å²) in [5.41, 5.74) is 13.0. The van der Waals surface area contributed by atoms with Gasteiger partial charge in [0.05, 0.1) is 16.8 Å². The van der Waals surface area contributed by atoms with Gasteiger partial charge in [-0.3, -0.25) is 9.88 Å². The zero-order valence-corrected chi connectivity index (χ0v) is 23.2. The summed E-state index contributed by atoms with van der Waals surface area (Å²) in [7, 11) is 0. The van der Waals surface area contributed by atoms with Crippen LogP contribution in [0.1, 0.15) is 50.8 Å². The molecule has 4 aromatic rings. The first-order chi connectivity index (χ1) is 19.0. The topological polar surface area (TPSA) is 99.0 Å². The molecule has 8 nitrogen and oxygen atoms in total. The van der Waals surface area contributed by atoms with E-state index in [1.54, 1.807) is 6.33 Å². The van der Waals surface area contributed by atoms with Crippen LogP contribution < -0.4 is 16.0 Å². The number of piperidine rings is 1. The largest absolute Gasteiger partial charge is 0.356 e. The lowest BCUT2D eigenvalue weighted by Gasteiger charge is -2.30. The highest BCUT2D eigenvalue weighted by molar-refractivity contribution is 5.92. The second-order valence-electron chi connectivity index (χ2n) is 10.4. The van der Waals surface area contributed by atoms with Gasteiger partial charge in [-0.25, -0.2) is 9.97 Å². The van der Waals surface area contributed by atoms with Crippen molar-refractivity contribution in [3.8, 4) is 11.3 Å². The van der Waals surface area contributed by atoms with Crippen LogP contribution in [0.4, 0.5) is 11.5 Å². The van der Waals surface area contributed by atoms with Crippen molar-refractivity contribution in [1.82, 2.24) is 24.8 Å². The van der Waals surface area contributed by atoms with Gasteiger partial charge in [-0.05, 0) is 74.2 Å². The third-order valence-corrected chi connectivity index (χ3v) is 7.44. The molecule has 4 N–H and O–H groups in total. The molecule has 1 saturated heterocycles. The van der Waals surface area contributed by atoms with Gasteiger partial charge >= 0.3 is 0 Å². The first-order valence-corrected chi connectivity index (χ1v) is 14.1. The van der Waals surface area contributed by atoms with Gasteiger partial charge < -0.3 is 20.9 Å². The molecule has 1 aromatic carbocycles. The third-order valence-electron chi connectivity index (χ3n) is 7.44. The second-order valence-corrected chi connectivity index (χ2v) is 10.4. The summed E-state index contributed by atoms with van der Waals surface area (Å²) in [4.78, 5) is 21.9. The molecule has 0 bridgehead atoms. The summed E-state index contributed by atoms with van der Waals surface area (Å²) in [5.74, 6) is 0.992. The summed E-state index contributed by atoms with van der Waals surface area (Å²) in [5, 5.41) is 4.48. The quantitative estimate of drug-likeness (QED) is 0.233. The van der Waals surface area contributed by atoms with Crippen LogP contribution in [0, 0.1) is 0 Å². The van der Waals surface area contributed by atoms with Crippen molar-refractivity contribution in [2.24, 2.45) is 5.73 Å². The average molecular weight is 525 g/mol. The van der Waals surface area contributed by atoms with E-state index in [0.717, 1.165) is 104 Å². The lowest BCUT2D eigenvalue weighted by molar-refractivity contribution is 0.201. The number of pyridine rings is 1. The van der Waals surface area contributed by atoms with E-state index in [4.69, 9.17) is 5.73 Å². The minimum absolute atomic E-state index is 0.274.